The fraction of sp³-hybridized carbons (Fsp3) is 0.382. The molecule has 1 unspecified atom stereocenters. The largest absolute Gasteiger partial charge is 0.494 e. The highest BCUT2D eigenvalue weighted by Crippen LogP contribution is 2.50. The van der Waals surface area contributed by atoms with Gasteiger partial charge in [-0.15, -0.1) is 0 Å². The van der Waals surface area contributed by atoms with Crippen LogP contribution in [0.4, 0.5) is 13.2 Å². The molecule has 248 valence electrons. The van der Waals surface area contributed by atoms with Gasteiger partial charge in [0.05, 0.1) is 36.9 Å². The zero-order valence-electron chi connectivity index (χ0n) is 26.0. The molecular formula is C34H31F3N6O5. The smallest absolute Gasteiger partial charge is 0.424 e. The molecule has 2 aromatic heterocycles. The third-order valence-corrected chi connectivity index (χ3v) is 9.68. The number of halogens is 3. The first-order chi connectivity index (χ1) is 22.7. The molecule has 2 saturated carbocycles. The number of nitrogens with one attached hydrogen (secondary N) is 1. The van der Waals surface area contributed by atoms with Crippen molar-refractivity contribution in [2.75, 3.05) is 20.3 Å². The van der Waals surface area contributed by atoms with Gasteiger partial charge in [0, 0.05) is 28.3 Å². The van der Waals surface area contributed by atoms with Gasteiger partial charge in [0.1, 0.15) is 34.7 Å². The normalized spacial score (nSPS) is 20.7. The van der Waals surface area contributed by atoms with Gasteiger partial charge in [0.2, 0.25) is 11.5 Å². The first-order valence-corrected chi connectivity index (χ1v) is 15.4. The van der Waals surface area contributed by atoms with Crippen molar-refractivity contribution in [3.63, 3.8) is 0 Å². The van der Waals surface area contributed by atoms with Gasteiger partial charge in [-0.2, -0.15) is 23.5 Å². The van der Waals surface area contributed by atoms with Gasteiger partial charge in [-0.05, 0) is 56.4 Å². The van der Waals surface area contributed by atoms with Crippen LogP contribution in [0.1, 0.15) is 65.8 Å². The van der Waals surface area contributed by atoms with Crippen LogP contribution in [-0.4, -0.2) is 58.1 Å². The van der Waals surface area contributed by atoms with Crippen molar-refractivity contribution in [3.8, 4) is 28.8 Å². The maximum atomic E-state index is 14.9. The molecular weight excluding hydrogens is 629 g/mol. The summed E-state index contributed by atoms with van der Waals surface area (Å²) in [5.74, 6) is -1.42. The first-order valence-electron chi connectivity index (χ1n) is 15.4. The lowest BCUT2D eigenvalue weighted by Crippen LogP contribution is -2.51. The zero-order valence-corrected chi connectivity index (χ0v) is 26.0. The summed E-state index contributed by atoms with van der Waals surface area (Å²) in [6, 6.07) is 13.0. The van der Waals surface area contributed by atoms with Crippen molar-refractivity contribution < 1.29 is 37.3 Å². The Labute approximate surface area is 272 Å². The molecule has 0 spiro atoms. The second kappa shape index (κ2) is 10.7. The van der Waals surface area contributed by atoms with Crippen molar-refractivity contribution in [2.45, 2.75) is 61.3 Å². The molecule has 4 N–H and O–H groups in total. The van der Waals surface area contributed by atoms with Gasteiger partial charge in [-0.1, -0.05) is 24.3 Å². The number of benzene rings is 2. The minimum absolute atomic E-state index is 0.00224. The van der Waals surface area contributed by atoms with E-state index in [2.05, 4.69) is 21.5 Å². The first kappa shape index (κ1) is 31.4. The number of carbonyl (C=O) groups is 2. The van der Waals surface area contributed by atoms with E-state index < -0.39 is 46.7 Å². The van der Waals surface area contributed by atoms with E-state index in [9.17, 15) is 33.1 Å². The zero-order chi connectivity index (χ0) is 34.2. The molecule has 2 atom stereocenters. The van der Waals surface area contributed by atoms with Crippen LogP contribution in [-0.2, 0) is 21.2 Å². The van der Waals surface area contributed by atoms with E-state index in [1.807, 2.05) is 0 Å². The van der Waals surface area contributed by atoms with Crippen LogP contribution in [0.15, 0.2) is 48.7 Å². The van der Waals surface area contributed by atoms with Crippen molar-refractivity contribution in [1.82, 2.24) is 20.1 Å². The molecule has 2 amide bonds. The van der Waals surface area contributed by atoms with Gasteiger partial charge >= 0.3 is 6.18 Å². The third-order valence-electron chi connectivity index (χ3n) is 9.68. The fourth-order valence-electron chi connectivity index (χ4n) is 6.11. The van der Waals surface area contributed by atoms with Gasteiger partial charge in [0.25, 0.3) is 5.91 Å². The average molecular weight is 661 g/mol. The van der Waals surface area contributed by atoms with E-state index >= 15 is 0 Å². The summed E-state index contributed by atoms with van der Waals surface area (Å²) in [6.45, 7) is -0.126. The highest BCUT2D eigenvalue weighted by atomic mass is 19.4. The van der Waals surface area contributed by atoms with Crippen molar-refractivity contribution >= 4 is 22.7 Å². The number of pyridine rings is 1. The lowest BCUT2D eigenvalue weighted by molar-refractivity contribution is -0.265. The van der Waals surface area contributed by atoms with Gasteiger partial charge in [-0.25, -0.2) is 4.98 Å². The fourth-order valence-corrected chi connectivity index (χ4v) is 6.11. The number of alkyl halides is 3. The van der Waals surface area contributed by atoms with E-state index in [0.717, 1.165) is 24.5 Å². The Kier molecular flexibility index (Phi) is 6.99. The summed E-state index contributed by atoms with van der Waals surface area (Å²) in [4.78, 5) is 30.2. The van der Waals surface area contributed by atoms with E-state index in [0.29, 0.717) is 29.3 Å². The second-order valence-corrected chi connectivity index (χ2v) is 13.0. The molecule has 4 aromatic rings. The van der Waals surface area contributed by atoms with Crippen molar-refractivity contribution in [3.05, 3.63) is 71.0 Å². The minimum atomic E-state index is -5.33. The molecule has 14 heteroatoms. The topological polar surface area (TPSA) is 165 Å². The predicted octanol–water partition coefficient (Wildman–Crippen LogP) is 4.31. The van der Waals surface area contributed by atoms with E-state index in [1.54, 1.807) is 35.1 Å². The van der Waals surface area contributed by atoms with E-state index in [4.69, 9.17) is 15.2 Å². The van der Waals surface area contributed by atoms with E-state index in [-0.39, 0.29) is 41.0 Å². The number of primary amides is 1. The lowest BCUT2D eigenvalue weighted by atomic mass is 9.81. The van der Waals surface area contributed by atoms with Crippen LogP contribution in [0.5, 0.6) is 11.5 Å². The maximum Gasteiger partial charge on any atom is 0.424 e. The molecule has 1 aliphatic heterocycles. The summed E-state index contributed by atoms with van der Waals surface area (Å²) < 4.78 is 57.7. The Morgan fingerprint density at radius 2 is 1.92 bits per heavy atom. The number of aliphatic hydroxyl groups is 1. The Balaban J connectivity index is 1.27. The van der Waals surface area contributed by atoms with Crippen LogP contribution in [0.25, 0.3) is 22.2 Å². The lowest BCUT2D eigenvalue weighted by Gasteiger charge is -2.31. The highest BCUT2D eigenvalue weighted by molar-refractivity contribution is 6.00. The monoisotopic (exact) mass is 660 g/mol. The molecule has 0 radical (unpaired) electrons. The van der Waals surface area contributed by atoms with E-state index in [1.165, 1.54) is 26.2 Å². The summed E-state index contributed by atoms with van der Waals surface area (Å²) in [6.07, 6.45) is -0.249. The standard InChI is InChI=1S/C34H31F3N6O5/c1-31(30(39)45)17-48-28-23(31)13-25(41-27(28)18-3-5-21(6-4-18)32(15-38)9-10-32)33(46,34(35,36)37)16-40-29(44)19-11-20-14-43(22-7-8-22)42-26(20)24(12-19)47-2/h3-6,11-14,22,46H,7-10,16-17H2,1-2H3,(H2,39,45)(H,40,44)/t31-,33?/m0/s1. The van der Waals surface area contributed by atoms with Gasteiger partial charge in [-0.3, -0.25) is 14.3 Å². The molecule has 0 bridgehead atoms. The Bertz CT molecular complexity index is 2030. The number of amides is 2. The Morgan fingerprint density at radius 1 is 1.21 bits per heavy atom. The summed E-state index contributed by atoms with van der Waals surface area (Å²) >= 11 is 0. The van der Waals surface area contributed by atoms with Crippen LogP contribution < -0.4 is 20.5 Å². The maximum absolute atomic E-state index is 14.9. The number of fused-ring (bicyclic) bond motifs is 2. The van der Waals surface area contributed by atoms with Crippen LogP contribution >= 0.6 is 0 Å². The molecule has 2 aliphatic carbocycles. The summed E-state index contributed by atoms with van der Waals surface area (Å²) in [7, 11) is 1.40. The van der Waals surface area contributed by atoms with Crippen LogP contribution in [0.3, 0.4) is 0 Å². The number of hydrogen-bond donors (Lipinski definition) is 3. The Hall–Kier alpha value is -5.16. The molecule has 2 aromatic carbocycles. The summed E-state index contributed by atoms with van der Waals surface area (Å²) in [5.41, 5.74) is 0.564. The van der Waals surface area contributed by atoms with Crippen molar-refractivity contribution in [2.24, 2.45) is 5.73 Å². The number of ether oxygens (including phenoxy) is 2. The highest BCUT2D eigenvalue weighted by Gasteiger charge is 2.58. The molecule has 48 heavy (non-hydrogen) atoms. The van der Waals surface area contributed by atoms with Crippen LogP contribution in [0, 0.1) is 11.3 Å². The molecule has 3 heterocycles. The minimum Gasteiger partial charge on any atom is -0.494 e. The number of aromatic nitrogens is 3. The number of rotatable bonds is 9. The average Bonchev–Trinajstić information content (AvgIpc) is 4.00. The number of hydrogen-bond acceptors (Lipinski definition) is 8. The SMILES string of the molecule is COc1cc(C(=O)NCC(O)(c2cc3c(c(-c4ccc(C5(C#N)CC5)cc4)n2)OC[C@]3(C)C(N)=O)C(F)(F)F)cc2cn(C3CC3)nc12. The number of methoxy groups -OCH3 is 1. The van der Waals surface area contributed by atoms with Gasteiger partial charge < -0.3 is 25.6 Å². The van der Waals surface area contributed by atoms with Crippen LogP contribution in [0.2, 0.25) is 0 Å². The number of carbonyl (C=O) groups excluding carboxylic acids is 2. The Morgan fingerprint density at radius 3 is 2.50 bits per heavy atom. The van der Waals surface area contributed by atoms with Gasteiger partial charge in [0.15, 0.2) is 0 Å². The predicted molar refractivity (Wildman–Crippen MR) is 165 cm³/mol. The molecule has 2 fully saturated rings. The second-order valence-electron chi connectivity index (χ2n) is 13.0. The summed E-state index contributed by atoms with van der Waals surface area (Å²) in [5, 5.41) is 28.3. The number of nitriles is 1. The molecule has 11 nitrogen and oxygen atoms in total. The molecule has 3 aliphatic rings. The number of nitrogens with two attached hydrogens (primary N) is 1. The molecule has 7 rings (SSSR count). The number of nitrogens with zero attached hydrogens (tertiary/aromatic N) is 4. The van der Waals surface area contributed by atoms with Crippen molar-refractivity contribution in [1.29, 1.82) is 5.26 Å². The third kappa shape index (κ3) is 4.92. The quantitative estimate of drug-likeness (QED) is 0.239. The molecule has 0 saturated heterocycles.